The van der Waals surface area contributed by atoms with Crippen molar-refractivity contribution >= 4 is 12.0 Å². The maximum Gasteiger partial charge on any atom is 0.157 e. The summed E-state index contributed by atoms with van der Waals surface area (Å²) in [5.74, 6) is 0.751. The van der Waals surface area contributed by atoms with Crippen molar-refractivity contribution in [2.75, 3.05) is 31.6 Å². The third-order valence-corrected chi connectivity index (χ3v) is 6.19. The fourth-order valence-corrected chi connectivity index (χ4v) is 4.54. The van der Waals surface area contributed by atoms with Crippen molar-refractivity contribution in [3.05, 3.63) is 24.3 Å². The minimum absolute atomic E-state index is 0.0792. The molecule has 0 radical (unpaired) electrons. The van der Waals surface area contributed by atoms with E-state index in [1.54, 1.807) is 0 Å². The molecule has 164 valence electrons. The fourth-order valence-electron chi connectivity index (χ4n) is 4.54. The Hall–Kier alpha value is -1.59. The molecule has 0 spiro atoms. The maximum absolute atomic E-state index is 10.8. The van der Waals surface area contributed by atoms with Crippen LogP contribution >= 0.6 is 0 Å². The van der Waals surface area contributed by atoms with Gasteiger partial charge in [-0.1, -0.05) is 31.9 Å². The Morgan fingerprint density at radius 3 is 2.79 bits per heavy atom. The number of rotatable bonds is 13. The van der Waals surface area contributed by atoms with E-state index in [0.717, 1.165) is 62.9 Å². The molecule has 5 heteroatoms. The number of carbonyl (C=O) groups excluding carboxylic acids is 1. The van der Waals surface area contributed by atoms with E-state index >= 15 is 0 Å². The average Bonchev–Trinajstić information content (AvgIpc) is 3.04. The van der Waals surface area contributed by atoms with E-state index in [1.165, 1.54) is 12.8 Å². The Bertz CT molecular complexity index is 620. The second kappa shape index (κ2) is 11.6. The number of ether oxygens (including phenoxy) is 1. The molecule has 2 rings (SSSR count). The number of unbranched alkanes of at least 4 members (excludes halogenated alkanes) is 1. The zero-order chi connectivity index (χ0) is 21.3. The third kappa shape index (κ3) is 7.31. The first-order chi connectivity index (χ1) is 13.9. The summed E-state index contributed by atoms with van der Waals surface area (Å²) < 4.78 is 5.56. The minimum Gasteiger partial charge on any atom is -0.484 e. The van der Waals surface area contributed by atoms with Gasteiger partial charge in [0.1, 0.15) is 12.4 Å². The number of hydrogen-bond acceptors (Lipinski definition) is 5. The fraction of sp³-hybridized carbons (Fsp3) is 0.708. The van der Waals surface area contributed by atoms with Crippen LogP contribution in [0.4, 0.5) is 5.69 Å². The third-order valence-electron chi connectivity index (χ3n) is 6.19. The Kier molecular flexibility index (Phi) is 9.44. The van der Waals surface area contributed by atoms with E-state index < -0.39 is 5.60 Å². The molecule has 1 heterocycles. The van der Waals surface area contributed by atoms with E-state index in [0.29, 0.717) is 12.1 Å². The van der Waals surface area contributed by atoms with Crippen molar-refractivity contribution in [3.63, 3.8) is 0 Å². The van der Waals surface area contributed by atoms with Crippen LogP contribution in [0.1, 0.15) is 65.7 Å². The summed E-state index contributed by atoms with van der Waals surface area (Å²) in [6.07, 6.45) is 8.21. The summed E-state index contributed by atoms with van der Waals surface area (Å²) in [6.45, 7) is 8.54. The Balaban J connectivity index is 1.88. The SMILES string of the molecule is CCCCC(C)(O)CC1CCC(C)N1CCCN(C)c1ccccc1OCC=O. The van der Waals surface area contributed by atoms with E-state index in [2.05, 4.69) is 30.7 Å². The molecule has 1 N–H and O–H groups in total. The van der Waals surface area contributed by atoms with Gasteiger partial charge >= 0.3 is 0 Å². The van der Waals surface area contributed by atoms with Gasteiger partial charge in [-0.25, -0.2) is 0 Å². The van der Waals surface area contributed by atoms with E-state index in [1.807, 2.05) is 31.2 Å². The highest BCUT2D eigenvalue weighted by atomic mass is 16.5. The average molecular weight is 405 g/mol. The number of hydrogen-bond donors (Lipinski definition) is 1. The molecule has 1 aliphatic heterocycles. The molecule has 1 aliphatic rings. The van der Waals surface area contributed by atoms with Gasteiger partial charge in [-0.05, 0) is 58.1 Å². The van der Waals surface area contributed by atoms with Crippen molar-refractivity contribution < 1.29 is 14.6 Å². The summed E-state index contributed by atoms with van der Waals surface area (Å²) in [7, 11) is 2.07. The topological polar surface area (TPSA) is 53.0 Å². The van der Waals surface area contributed by atoms with Gasteiger partial charge in [-0.2, -0.15) is 0 Å². The van der Waals surface area contributed by atoms with Crippen LogP contribution in [0.25, 0.3) is 0 Å². The lowest BCUT2D eigenvalue weighted by atomic mass is 9.90. The molecule has 29 heavy (non-hydrogen) atoms. The zero-order valence-corrected chi connectivity index (χ0v) is 18.8. The first-order valence-corrected chi connectivity index (χ1v) is 11.2. The minimum atomic E-state index is -0.561. The normalized spacial score (nSPS) is 21.7. The second-order valence-electron chi connectivity index (χ2n) is 8.84. The van der Waals surface area contributed by atoms with Gasteiger partial charge in [0.15, 0.2) is 6.29 Å². The van der Waals surface area contributed by atoms with Gasteiger partial charge in [0.25, 0.3) is 0 Å². The van der Waals surface area contributed by atoms with Crippen LogP contribution in [-0.4, -0.2) is 60.7 Å². The molecule has 0 bridgehead atoms. The van der Waals surface area contributed by atoms with Gasteiger partial charge in [-0.3, -0.25) is 9.69 Å². The largest absolute Gasteiger partial charge is 0.484 e. The molecule has 1 aromatic rings. The van der Waals surface area contributed by atoms with E-state index in [-0.39, 0.29) is 6.61 Å². The lowest BCUT2D eigenvalue weighted by molar-refractivity contribution is -0.109. The Labute approximate surface area is 177 Å². The van der Waals surface area contributed by atoms with Crippen LogP contribution in [-0.2, 0) is 4.79 Å². The molecule has 0 aromatic heterocycles. The molecule has 3 atom stereocenters. The molecule has 0 saturated carbocycles. The number of anilines is 1. The first kappa shape index (κ1) is 23.7. The number of nitrogens with zero attached hydrogens (tertiary/aromatic N) is 2. The van der Waals surface area contributed by atoms with Gasteiger partial charge in [0.05, 0.1) is 11.3 Å². The summed E-state index contributed by atoms with van der Waals surface area (Å²) in [5.41, 5.74) is 0.456. The highest BCUT2D eigenvalue weighted by Crippen LogP contribution is 2.32. The van der Waals surface area contributed by atoms with Crippen LogP contribution in [0, 0.1) is 0 Å². The molecule has 1 saturated heterocycles. The molecule has 1 fully saturated rings. The summed E-state index contributed by atoms with van der Waals surface area (Å²) in [6, 6.07) is 8.93. The summed E-state index contributed by atoms with van der Waals surface area (Å²) >= 11 is 0. The Morgan fingerprint density at radius 1 is 1.31 bits per heavy atom. The van der Waals surface area contributed by atoms with Crippen LogP contribution in [0.15, 0.2) is 24.3 Å². The van der Waals surface area contributed by atoms with Crippen molar-refractivity contribution in [2.45, 2.75) is 83.4 Å². The standard InChI is InChI=1S/C24H40N2O3/c1-5-6-14-24(3,28)19-21-13-12-20(2)26(21)16-9-15-25(4)22-10-7-8-11-23(22)29-18-17-27/h7-8,10-11,17,20-21,28H,5-6,9,12-16,18-19H2,1-4H3. The number of aldehydes is 1. The summed E-state index contributed by atoms with van der Waals surface area (Å²) in [4.78, 5) is 15.4. The van der Waals surface area contributed by atoms with Crippen molar-refractivity contribution in [3.8, 4) is 5.75 Å². The molecule has 0 aliphatic carbocycles. The molecule has 0 amide bonds. The Morgan fingerprint density at radius 2 is 2.07 bits per heavy atom. The van der Waals surface area contributed by atoms with Gasteiger partial charge in [0, 0.05) is 32.2 Å². The second-order valence-corrected chi connectivity index (χ2v) is 8.84. The predicted molar refractivity (Wildman–Crippen MR) is 120 cm³/mol. The molecule has 1 aromatic carbocycles. The number of benzene rings is 1. The van der Waals surface area contributed by atoms with Crippen LogP contribution in [0.5, 0.6) is 5.75 Å². The number of likely N-dealkylation sites (tertiary alicyclic amines) is 1. The smallest absolute Gasteiger partial charge is 0.157 e. The monoisotopic (exact) mass is 404 g/mol. The van der Waals surface area contributed by atoms with E-state index in [9.17, 15) is 9.90 Å². The van der Waals surface area contributed by atoms with Crippen molar-refractivity contribution in [2.24, 2.45) is 0 Å². The number of carbonyl (C=O) groups is 1. The number of para-hydroxylation sites is 2. The molecular weight excluding hydrogens is 364 g/mol. The van der Waals surface area contributed by atoms with Crippen LogP contribution < -0.4 is 9.64 Å². The quantitative estimate of drug-likeness (QED) is 0.498. The maximum atomic E-state index is 10.8. The van der Waals surface area contributed by atoms with Crippen molar-refractivity contribution in [1.29, 1.82) is 0 Å². The van der Waals surface area contributed by atoms with Crippen molar-refractivity contribution in [1.82, 2.24) is 4.90 Å². The predicted octanol–water partition coefficient (Wildman–Crippen LogP) is 4.27. The van der Waals surface area contributed by atoms with E-state index in [4.69, 9.17) is 4.74 Å². The summed E-state index contributed by atoms with van der Waals surface area (Å²) in [5, 5.41) is 10.8. The highest BCUT2D eigenvalue weighted by molar-refractivity contribution is 5.59. The molecule has 5 nitrogen and oxygen atoms in total. The van der Waals surface area contributed by atoms with Gasteiger partial charge < -0.3 is 14.7 Å². The molecule has 3 unspecified atom stereocenters. The van der Waals surface area contributed by atoms with Gasteiger partial charge in [0.2, 0.25) is 0 Å². The van der Waals surface area contributed by atoms with Gasteiger partial charge in [-0.15, -0.1) is 0 Å². The zero-order valence-electron chi connectivity index (χ0n) is 18.8. The highest BCUT2D eigenvalue weighted by Gasteiger charge is 2.35. The number of aliphatic hydroxyl groups is 1. The molecular formula is C24H40N2O3. The van der Waals surface area contributed by atoms with Crippen LogP contribution in [0.2, 0.25) is 0 Å². The van der Waals surface area contributed by atoms with Crippen LogP contribution in [0.3, 0.4) is 0 Å². The first-order valence-electron chi connectivity index (χ1n) is 11.2. The lowest BCUT2D eigenvalue weighted by Crippen LogP contribution is -2.41. The lowest BCUT2D eigenvalue weighted by Gasteiger charge is -2.34.